The van der Waals surface area contributed by atoms with Crippen LogP contribution in [0.5, 0.6) is 11.5 Å². The zero-order valence-electron chi connectivity index (χ0n) is 31.1. The fourth-order valence-corrected chi connectivity index (χ4v) is 7.29. The van der Waals surface area contributed by atoms with Gasteiger partial charge in [-0.25, -0.2) is 14.4 Å². The molecule has 0 heterocycles. The number of aliphatic hydroxyl groups is 1. The van der Waals surface area contributed by atoms with E-state index in [1.165, 1.54) is 12.1 Å². The van der Waals surface area contributed by atoms with Crippen LogP contribution in [0.1, 0.15) is 83.4 Å². The van der Waals surface area contributed by atoms with Crippen molar-refractivity contribution in [2.75, 3.05) is 26.2 Å². The van der Waals surface area contributed by atoms with Gasteiger partial charge in [-0.3, -0.25) is 4.90 Å². The number of ether oxygens (including phenoxy) is 1. The molecule has 0 radical (unpaired) electrons. The molecule has 286 valence electrons. The molecule has 0 amide bonds. The molecule has 5 N–H and O–H groups in total. The summed E-state index contributed by atoms with van der Waals surface area (Å²) in [6.45, 7) is 6.75. The first kappa shape index (κ1) is 40.3. The number of aromatic carboxylic acids is 2. The minimum absolute atomic E-state index is 0.0158. The number of hydrogen-bond acceptors (Lipinski definition) is 8. The molecule has 1 unspecified atom stereocenters. The molecular formula is C45H47NO9. The second-order valence-corrected chi connectivity index (χ2v) is 13.6. The largest absolute Gasteiger partial charge is 0.507 e. The van der Waals surface area contributed by atoms with E-state index >= 15 is 0 Å². The second-order valence-electron chi connectivity index (χ2n) is 13.6. The van der Waals surface area contributed by atoms with Crippen LogP contribution in [0.3, 0.4) is 0 Å². The predicted molar refractivity (Wildman–Crippen MR) is 211 cm³/mol. The van der Waals surface area contributed by atoms with E-state index in [-0.39, 0.29) is 30.1 Å². The molecule has 10 heteroatoms. The normalized spacial score (nSPS) is 14.0. The maximum Gasteiger partial charge on any atom is 0.344 e. The topological polar surface area (TPSA) is 165 Å². The molecule has 0 aromatic heterocycles. The van der Waals surface area contributed by atoms with Gasteiger partial charge < -0.3 is 30.3 Å². The number of fused-ring (bicyclic) bond motifs is 2. The highest BCUT2D eigenvalue weighted by atomic mass is 16.5. The van der Waals surface area contributed by atoms with Gasteiger partial charge in [0.1, 0.15) is 22.6 Å². The molecule has 0 spiro atoms. The van der Waals surface area contributed by atoms with Gasteiger partial charge in [0.25, 0.3) is 0 Å². The molecule has 1 fully saturated rings. The van der Waals surface area contributed by atoms with E-state index in [1.54, 1.807) is 48.5 Å². The molecule has 1 aliphatic carbocycles. The minimum Gasteiger partial charge on any atom is -0.507 e. The Bertz CT molecular complexity index is 2110. The van der Waals surface area contributed by atoms with Crippen molar-refractivity contribution in [2.24, 2.45) is 5.92 Å². The third-order valence-electron chi connectivity index (χ3n) is 10.4. The number of phenols is 2. The van der Waals surface area contributed by atoms with Crippen molar-refractivity contribution in [1.29, 1.82) is 0 Å². The van der Waals surface area contributed by atoms with Crippen LogP contribution in [-0.4, -0.2) is 74.6 Å². The van der Waals surface area contributed by atoms with Crippen LogP contribution in [0.25, 0.3) is 21.5 Å². The van der Waals surface area contributed by atoms with Gasteiger partial charge in [0.2, 0.25) is 0 Å². The summed E-state index contributed by atoms with van der Waals surface area (Å²) in [5.74, 6) is 1.89. The molecule has 0 saturated heterocycles. The van der Waals surface area contributed by atoms with Crippen LogP contribution < -0.4 is 0 Å². The fraction of sp³-hybridized carbons (Fsp3) is 0.311. The molecule has 0 bridgehead atoms. The Morgan fingerprint density at radius 1 is 0.727 bits per heavy atom. The Morgan fingerprint density at radius 2 is 1.22 bits per heavy atom. The number of hydrogen-bond donors (Lipinski definition) is 5. The standard InChI is InChI=1S/C23H16O6.C22H31NO3/c24-20-16(14-7-3-1-5-12(14)9-18(20)22(26)27)11-17-15-8-4-2-6-13(15)10-19(21(17)25)23(28)29;1-3-23(4-2)17-11-12-18-26-21(24)22(25,19-13-7-5-8-14-19)20-15-9-6-10-16-20/h1-10,24-25H,11H2,(H,26,27)(H,28,29);5,7-8,13-14,20,25H,3-4,6,9-10,15-18H2,1-2H3. The monoisotopic (exact) mass is 745 g/mol. The van der Waals surface area contributed by atoms with Crippen molar-refractivity contribution in [3.05, 3.63) is 119 Å². The fourth-order valence-electron chi connectivity index (χ4n) is 7.29. The molecular weight excluding hydrogens is 698 g/mol. The zero-order valence-corrected chi connectivity index (χ0v) is 31.1. The van der Waals surface area contributed by atoms with E-state index in [0.717, 1.165) is 45.2 Å². The third kappa shape index (κ3) is 9.08. The maximum atomic E-state index is 12.8. The minimum atomic E-state index is -1.58. The first-order chi connectivity index (χ1) is 26.5. The quantitative estimate of drug-likeness (QED) is 0.0668. The maximum absolute atomic E-state index is 12.8. The Labute approximate surface area is 320 Å². The lowest BCUT2D eigenvalue weighted by atomic mass is 9.73. The highest BCUT2D eigenvalue weighted by Crippen LogP contribution is 2.41. The van der Waals surface area contributed by atoms with Crippen molar-refractivity contribution in [1.82, 2.24) is 4.90 Å². The van der Waals surface area contributed by atoms with E-state index in [2.05, 4.69) is 30.6 Å². The van der Waals surface area contributed by atoms with Gasteiger partial charge in [0, 0.05) is 23.5 Å². The van der Waals surface area contributed by atoms with Crippen molar-refractivity contribution >= 4 is 39.5 Å². The zero-order chi connectivity index (χ0) is 39.5. The van der Waals surface area contributed by atoms with Crippen LogP contribution in [0.4, 0.5) is 0 Å². The van der Waals surface area contributed by atoms with Crippen molar-refractivity contribution in [3.63, 3.8) is 0 Å². The Hall–Kier alpha value is -5.89. The van der Waals surface area contributed by atoms with E-state index in [9.17, 15) is 39.9 Å². The van der Waals surface area contributed by atoms with Crippen molar-refractivity contribution in [2.45, 2.75) is 58.0 Å². The summed E-state index contributed by atoms with van der Waals surface area (Å²) >= 11 is 0. The van der Waals surface area contributed by atoms with Crippen LogP contribution in [0.2, 0.25) is 0 Å². The number of esters is 1. The highest BCUT2D eigenvalue weighted by Gasteiger charge is 2.47. The first-order valence-electron chi connectivity index (χ1n) is 18.6. The lowest BCUT2D eigenvalue weighted by molar-refractivity contribution is -0.174. The average Bonchev–Trinajstić information content (AvgIpc) is 3.21. The van der Waals surface area contributed by atoms with Gasteiger partial charge in [-0.1, -0.05) is 124 Å². The summed E-state index contributed by atoms with van der Waals surface area (Å²) in [6.07, 6.45) is 4.88. The summed E-state index contributed by atoms with van der Waals surface area (Å²) in [4.78, 5) is 38.2. The Morgan fingerprint density at radius 3 is 1.71 bits per heavy atom. The van der Waals surface area contributed by atoms with Gasteiger partial charge >= 0.3 is 17.9 Å². The summed E-state index contributed by atoms with van der Waals surface area (Å²) in [5, 5.41) is 54.2. The molecule has 1 saturated carbocycles. The van der Waals surface area contributed by atoms with Crippen molar-refractivity contribution < 1.29 is 44.7 Å². The highest BCUT2D eigenvalue weighted by molar-refractivity contribution is 6.02. The molecule has 1 atom stereocenters. The van der Waals surface area contributed by atoms with Gasteiger partial charge in [-0.05, 0) is 65.2 Å². The average molecular weight is 746 g/mol. The lowest BCUT2D eigenvalue weighted by Gasteiger charge is -2.36. The van der Waals surface area contributed by atoms with E-state index in [4.69, 9.17) is 4.74 Å². The van der Waals surface area contributed by atoms with Crippen LogP contribution in [-0.2, 0) is 21.6 Å². The number of aromatic hydroxyl groups is 2. The molecule has 5 aromatic rings. The summed E-state index contributed by atoms with van der Waals surface area (Å²) in [7, 11) is 0. The van der Waals surface area contributed by atoms with Crippen LogP contribution in [0.15, 0.2) is 91.0 Å². The molecule has 0 aliphatic heterocycles. The Balaban J connectivity index is 0.000000213. The van der Waals surface area contributed by atoms with Crippen molar-refractivity contribution in [3.8, 4) is 23.3 Å². The summed E-state index contributed by atoms with van der Waals surface area (Å²) < 4.78 is 5.38. The number of carbonyl (C=O) groups is 3. The molecule has 10 nitrogen and oxygen atoms in total. The number of nitrogens with zero attached hydrogens (tertiary/aromatic N) is 1. The number of benzene rings is 5. The van der Waals surface area contributed by atoms with Crippen LogP contribution in [0, 0.1) is 17.8 Å². The van der Waals surface area contributed by atoms with Gasteiger partial charge in [-0.2, -0.15) is 0 Å². The number of carboxylic acids is 2. The molecule has 5 aromatic carbocycles. The van der Waals surface area contributed by atoms with Crippen LogP contribution >= 0.6 is 0 Å². The molecule has 55 heavy (non-hydrogen) atoms. The SMILES string of the molecule is CCN(CC)CC#CCOC(=O)C(O)(c1ccccc1)C1CCCCC1.O=C(O)c1cc2ccccc2c(Cc2c(O)c(C(=O)O)cc3ccccc23)c1O. The number of rotatable bonds is 11. The first-order valence-corrected chi connectivity index (χ1v) is 18.6. The molecule has 1 aliphatic rings. The van der Waals surface area contributed by atoms with E-state index in [0.29, 0.717) is 44.8 Å². The van der Waals surface area contributed by atoms with Gasteiger partial charge in [0.05, 0.1) is 6.54 Å². The van der Waals surface area contributed by atoms with Gasteiger partial charge in [0.15, 0.2) is 12.2 Å². The smallest absolute Gasteiger partial charge is 0.344 e. The second kappa shape index (κ2) is 18.4. The number of carbonyl (C=O) groups excluding carboxylic acids is 1. The molecule has 6 rings (SSSR count). The number of carboxylic acid groups (broad SMARTS) is 2. The Kier molecular flexibility index (Phi) is 13.5. The third-order valence-corrected chi connectivity index (χ3v) is 10.4. The van der Waals surface area contributed by atoms with E-state index < -0.39 is 35.0 Å². The van der Waals surface area contributed by atoms with E-state index in [1.807, 2.05) is 30.3 Å². The summed E-state index contributed by atoms with van der Waals surface area (Å²) in [5.41, 5.74) is -0.851. The predicted octanol–water partition coefficient (Wildman–Crippen LogP) is 7.73. The lowest BCUT2D eigenvalue weighted by Crippen LogP contribution is -2.45. The summed E-state index contributed by atoms with van der Waals surface area (Å²) in [6, 6.07) is 26.0. The van der Waals surface area contributed by atoms with Gasteiger partial charge in [-0.15, -0.1) is 0 Å².